The second-order valence-electron chi connectivity index (χ2n) is 4.65. The van der Waals surface area contributed by atoms with Crippen LogP contribution in [0.2, 0.25) is 0 Å². The quantitative estimate of drug-likeness (QED) is 0.834. The maximum Gasteiger partial charge on any atom is 0.129 e. The van der Waals surface area contributed by atoms with Gasteiger partial charge in [-0.05, 0) is 43.9 Å². The smallest absolute Gasteiger partial charge is 0.129 e. The van der Waals surface area contributed by atoms with Crippen molar-refractivity contribution in [2.75, 3.05) is 18.1 Å². The summed E-state index contributed by atoms with van der Waals surface area (Å²) in [4.78, 5) is 6.50. The maximum absolute atomic E-state index is 9.57. The second-order valence-corrected chi connectivity index (χ2v) is 4.65. The van der Waals surface area contributed by atoms with Crippen LogP contribution in [0.3, 0.4) is 0 Å². The fraction of sp³-hybridized carbons (Fsp3) is 0.615. The summed E-state index contributed by atoms with van der Waals surface area (Å²) in [5, 5.41) is 19.0. The number of rotatable bonds is 3. The van der Waals surface area contributed by atoms with E-state index in [0.29, 0.717) is 0 Å². The number of aliphatic hydroxyl groups is 2. The van der Waals surface area contributed by atoms with Crippen molar-refractivity contribution in [3.05, 3.63) is 23.9 Å². The maximum atomic E-state index is 9.57. The Kier molecular flexibility index (Phi) is 3.97. The molecule has 0 spiro atoms. The van der Waals surface area contributed by atoms with Crippen molar-refractivity contribution in [3.63, 3.8) is 0 Å². The van der Waals surface area contributed by atoms with Gasteiger partial charge in [0.25, 0.3) is 0 Å². The molecule has 2 N–H and O–H groups in total. The molecule has 1 aliphatic rings. The number of hydrogen-bond acceptors (Lipinski definition) is 4. The Hall–Kier alpha value is -1.13. The summed E-state index contributed by atoms with van der Waals surface area (Å²) in [6, 6.07) is 3.91. The number of piperidine rings is 1. The topological polar surface area (TPSA) is 56.6 Å². The molecule has 94 valence electrons. The summed E-state index contributed by atoms with van der Waals surface area (Å²) in [5.74, 6) is 0.863. The van der Waals surface area contributed by atoms with Crippen LogP contribution in [0, 0.1) is 0 Å². The van der Waals surface area contributed by atoms with Crippen LogP contribution in [0.25, 0.3) is 0 Å². The lowest BCUT2D eigenvalue weighted by Gasteiger charge is -2.35. The van der Waals surface area contributed by atoms with Gasteiger partial charge in [0.1, 0.15) is 5.82 Å². The Balaban J connectivity index is 2.22. The number of hydrogen-bond donors (Lipinski definition) is 2. The molecule has 0 aromatic carbocycles. The van der Waals surface area contributed by atoms with Crippen molar-refractivity contribution in [1.82, 2.24) is 4.98 Å². The van der Waals surface area contributed by atoms with Gasteiger partial charge in [0.05, 0.1) is 18.8 Å². The minimum Gasteiger partial charge on any atom is -0.394 e. The summed E-state index contributed by atoms with van der Waals surface area (Å²) in [5.41, 5.74) is 0.872. The molecule has 0 amide bonds. The van der Waals surface area contributed by atoms with Gasteiger partial charge >= 0.3 is 0 Å². The molecule has 4 heteroatoms. The van der Waals surface area contributed by atoms with Gasteiger partial charge in [0, 0.05) is 12.7 Å². The van der Waals surface area contributed by atoms with Crippen molar-refractivity contribution >= 4 is 5.82 Å². The van der Waals surface area contributed by atoms with Crippen LogP contribution >= 0.6 is 0 Å². The molecule has 2 rings (SSSR count). The van der Waals surface area contributed by atoms with Crippen LogP contribution in [-0.4, -0.2) is 34.4 Å². The third-order valence-corrected chi connectivity index (χ3v) is 3.38. The fourth-order valence-electron chi connectivity index (χ4n) is 2.34. The van der Waals surface area contributed by atoms with Crippen molar-refractivity contribution in [3.8, 4) is 0 Å². The standard InChI is InChI=1S/C13H20N2O2/c1-10(17)11-5-6-14-13(8-11)15-7-3-2-4-12(15)9-16/h5-6,8,10,12,16-17H,2-4,7,9H2,1H3/t10-,12?/m0/s1. The molecule has 0 radical (unpaired) electrons. The lowest BCUT2D eigenvalue weighted by atomic mass is 10.0. The van der Waals surface area contributed by atoms with E-state index in [1.165, 1.54) is 0 Å². The third-order valence-electron chi connectivity index (χ3n) is 3.38. The minimum atomic E-state index is -0.478. The van der Waals surface area contributed by atoms with Crippen LogP contribution in [0.5, 0.6) is 0 Å². The van der Waals surface area contributed by atoms with E-state index in [4.69, 9.17) is 0 Å². The van der Waals surface area contributed by atoms with Crippen molar-refractivity contribution < 1.29 is 10.2 Å². The Bertz CT molecular complexity index is 368. The molecule has 4 nitrogen and oxygen atoms in total. The first-order chi connectivity index (χ1) is 8.22. The first-order valence-corrected chi connectivity index (χ1v) is 6.24. The summed E-state index contributed by atoms with van der Waals surface area (Å²) in [6.07, 6.45) is 4.56. The number of pyridine rings is 1. The zero-order chi connectivity index (χ0) is 12.3. The summed E-state index contributed by atoms with van der Waals surface area (Å²) in [6.45, 7) is 2.85. The summed E-state index contributed by atoms with van der Waals surface area (Å²) >= 11 is 0. The van der Waals surface area contributed by atoms with Crippen LogP contribution in [0.4, 0.5) is 5.82 Å². The number of anilines is 1. The SMILES string of the molecule is C[C@H](O)c1ccnc(N2CCCCC2CO)c1. The van der Waals surface area contributed by atoms with Crippen LogP contribution < -0.4 is 4.90 Å². The Labute approximate surface area is 102 Å². The highest BCUT2D eigenvalue weighted by molar-refractivity contribution is 5.43. The van der Waals surface area contributed by atoms with Gasteiger partial charge in [-0.3, -0.25) is 0 Å². The molecule has 0 aliphatic carbocycles. The molecule has 1 aliphatic heterocycles. The lowest BCUT2D eigenvalue weighted by Crippen LogP contribution is -2.42. The Morgan fingerprint density at radius 1 is 1.53 bits per heavy atom. The monoisotopic (exact) mass is 236 g/mol. The molecule has 1 unspecified atom stereocenters. The average Bonchev–Trinajstić information content (AvgIpc) is 2.39. The second kappa shape index (κ2) is 5.47. The van der Waals surface area contributed by atoms with Crippen LogP contribution in [0.1, 0.15) is 37.9 Å². The number of aliphatic hydroxyl groups excluding tert-OH is 2. The predicted octanol–water partition coefficient (Wildman–Crippen LogP) is 1.49. The predicted molar refractivity (Wildman–Crippen MR) is 66.9 cm³/mol. The van der Waals surface area contributed by atoms with Crippen LogP contribution in [-0.2, 0) is 0 Å². The average molecular weight is 236 g/mol. The Morgan fingerprint density at radius 3 is 3.06 bits per heavy atom. The largest absolute Gasteiger partial charge is 0.394 e. The van der Waals surface area contributed by atoms with E-state index in [0.717, 1.165) is 37.2 Å². The lowest BCUT2D eigenvalue weighted by molar-refractivity contribution is 0.199. The molecule has 17 heavy (non-hydrogen) atoms. The number of aromatic nitrogens is 1. The van der Waals surface area contributed by atoms with Gasteiger partial charge < -0.3 is 15.1 Å². The molecule has 1 saturated heterocycles. The van der Waals surface area contributed by atoms with Gasteiger partial charge in [-0.25, -0.2) is 4.98 Å². The minimum absolute atomic E-state index is 0.167. The molecule has 1 fully saturated rings. The van der Waals surface area contributed by atoms with Gasteiger partial charge in [0.2, 0.25) is 0 Å². The number of nitrogens with zero attached hydrogens (tertiary/aromatic N) is 2. The summed E-state index contributed by atoms with van der Waals surface area (Å²) < 4.78 is 0. The van der Waals surface area contributed by atoms with Crippen molar-refractivity contribution in [2.24, 2.45) is 0 Å². The van der Waals surface area contributed by atoms with Gasteiger partial charge in [0.15, 0.2) is 0 Å². The molecule has 1 aromatic rings. The summed E-state index contributed by atoms with van der Waals surface area (Å²) in [7, 11) is 0. The fourth-order valence-corrected chi connectivity index (χ4v) is 2.34. The van der Waals surface area contributed by atoms with E-state index in [2.05, 4.69) is 9.88 Å². The van der Waals surface area contributed by atoms with E-state index in [-0.39, 0.29) is 12.6 Å². The van der Waals surface area contributed by atoms with E-state index in [1.807, 2.05) is 12.1 Å². The van der Waals surface area contributed by atoms with E-state index < -0.39 is 6.10 Å². The van der Waals surface area contributed by atoms with Gasteiger partial charge in [-0.2, -0.15) is 0 Å². The van der Waals surface area contributed by atoms with Crippen molar-refractivity contribution in [2.45, 2.75) is 38.3 Å². The molecule has 0 bridgehead atoms. The molecule has 0 saturated carbocycles. The highest BCUT2D eigenvalue weighted by atomic mass is 16.3. The first-order valence-electron chi connectivity index (χ1n) is 6.24. The van der Waals surface area contributed by atoms with E-state index >= 15 is 0 Å². The van der Waals surface area contributed by atoms with Gasteiger partial charge in [-0.15, -0.1) is 0 Å². The first kappa shape index (κ1) is 12.3. The van der Waals surface area contributed by atoms with E-state index in [1.54, 1.807) is 13.1 Å². The van der Waals surface area contributed by atoms with E-state index in [9.17, 15) is 10.2 Å². The molecule has 2 atom stereocenters. The normalized spacial score (nSPS) is 22.5. The molecule has 1 aromatic heterocycles. The van der Waals surface area contributed by atoms with Crippen molar-refractivity contribution in [1.29, 1.82) is 0 Å². The zero-order valence-electron chi connectivity index (χ0n) is 10.2. The third kappa shape index (κ3) is 2.76. The van der Waals surface area contributed by atoms with Gasteiger partial charge in [-0.1, -0.05) is 0 Å². The Morgan fingerprint density at radius 2 is 2.35 bits per heavy atom. The highest BCUT2D eigenvalue weighted by Gasteiger charge is 2.23. The molecule has 2 heterocycles. The molecular weight excluding hydrogens is 216 g/mol. The molecular formula is C13H20N2O2. The zero-order valence-corrected chi connectivity index (χ0v) is 10.2. The highest BCUT2D eigenvalue weighted by Crippen LogP contribution is 2.24. The van der Waals surface area contributed by atoms with Crippen LogP contribution in [0.15, 0.2) is 18.3 Å².